The molecule has 0 saturated carbocycles. The fraction of sp³-hybridized carbons (Fsp3) is 0.267. The van der Waals surface area contributed by atoms with Crippen molar-refractivity contribution in [2.24, 2.45) is 0 Å². The lowest BCUT2D eigenvalue weighted by molar-refractivity contribution is -0.137. The molecule has 0 unspecified atom stereocenters. The second-order valence-corrected chi connectivity index (χ2v) is 5.24. The lowest BCUT2D eigenvalue weighted by atomic mass is 10.2. The van der Waals surface area contributed by atoms with Gasteiger partial charge in [-0.05, 0) is 25.1 Å². The van der Waals surface area contributed by atoms with Crippen molar-refractivity contribution in [1.29, 1.82) is 5.26 Å². The maximum Gasteiger partial charge on any atom is 0.416 e. The number of halogens is 4. The fourth-order valence-electron chi connectivity index (χ4n) is 2.23. The Morgan fingerprint density at radius 3 is 2.58 bits per heavy atom. The summed E-state index contributed by atoms with van der Waals surface area (Å²) in [4.78, 5) is 13.1. The zero-order valence-electron chi connectivity index (χ0n) is 12.7. The number of aromatic nitrogens is 2. The van der Waals surface area contributed by atoms with E-state index in [2.05, 4.69) is 5.10 Å². The summed E-state index contributed by atoms with van der Waals surface area (Å²) >= 11 is 5.97. The normalized spacial score (nSPS) is 11.2. The number of carbonyl (C=O) groups is 1. The van der Waals surface area contributed by atoms with E-state index in [0.717, 1.165) is 18.2 Å². The number of rotatable bonds is 3. The van der Waals surface area contributed by atoms with Gasteiger partial charge in [-0.3, -0.25) is 9.69 Å². The Kier molecular flexibility index (Phi) is 4.85. The fourth-order valence-corrected chi connectivity index (χ4v) is 2.49. The Hall–Kier alpha value is -2.53. The molecular weight excluding hydrogens is 345 g/mol. The lowest BCUT2D eigenvalue weighted by Crippen LogP contribution is -2.30. The first-order valence-corrected chi connectivity index (χ1v) is 7.21. The smallest absolute Gasteiger partial charge is 0.296 e. The molecule has 0 aliphatic rings. The van der Waals surface area contributed by atoms with E-state index in [1.807, 2.05) is 6.07 Å². The van der Waals surface area contributed by atoms with Gasteiger partial charge in [0, 0.05) is 13.5 Å². The summed E-state index contributed by atoms with van der Waals surface area (Å²) < 4.78 is 39.4. The van der Waals surface area contributed by atoms with E-state index in [1.165, 1.54) is 22.7 Å². The Morgan fingerprint density at radius 2 is 2.12 bits per heavy atom. The first-order valence-electron chi connectivity index (χ1n) is 6.84. The van der Waals surface area contributed by atoms with Gasteiger partial charge in [0.2, 0.25) is 5.91 Å². The highest BCUT2D eigenvalue weighted by atomic mass is 35.5. The predicted molar refractivity (Wildman–Crippen MR) is 82.0 cm³/mol. The molecule has 0 aliphatic heterocycles. The van der Waals surface area contributed by atoms with Crippen LogP contribution in [0.4, 0.5) is 19.0 Å². The van der Waals surface area contributed by atoms with Gasteiger partial charge in [-0.2, -0.15) is 23.5 Å². The molecule has 1 heterocycles. The zero-order valence-corrected chi connectivity index (χ0v) is 13.5. The molecule has 0 atom stereocenters. The van der Waals surface area contributed by atoms with Crippen LogP contribution in [0.2, 0.25) is 5.02 Å². The van der Waals surface area contributed by atoms with Gasteiger partial charge in [-0.15, -0.1) is 0 Å². The maximum absolute atomic E-state index is 12.8. The van der Waals surface area contributed by atoms with Crippen LogP contribution in [-0.4, -0.2) is 22.2 Å². The van der Waals surface area contributed by atoms with Crippen molar-refractivity contribution in [3.63, 3.8) is 0 Å². The monoisotopic (exact) mass is 356 g/mol. The number of carbonyl (C=O) groups excluding carboxylic acids is 1. The Balaban J connectivity index is 2.64. The molecule has 0 spiro atoms. The van der Waals surface area contributed by atoms with Crippen LogP contribution in [0.3, 0.4) is 0 Å². The summed E-state index contributed by atoms with van der Waals surface area (Å²) in [6.07, 6.45) is -3.29. The van der Waals surface area contributed by atoms with Crippen LogP contribution in [0, 0.1) is 11.3 Å². The second-order valence-electron chi connectivity index (χ2n) is 4.83. The van der Waals surface area contributed by atoms with Crippen molar-refractivity contribution >= 4 is 23.3 Å². The summed E-state index contributed by atoms with van der Waals surface area (Å²) in [5.74, 6) is -0.173. The number of hydrogen-bond acceptors (Lipinski definition) is 3. The molecule has 0 fully saturated rings. The van der Waals surface area contributed by atoms with Crippen LogP contribution in [0.5, 0.6) is 0 Å². The van der Waals surface area contributed by atoms with E-state index in [1.54, 1.807) is 6.92 Å². The molecule has 24 heavy (non-hydrogen) atoms. The number of hydrogen-bond donors (Lipinski definition) is 0. The van der Waals surface area contributed by atoms with E-state index in [4.69, 9.17) is 11.6 Å². The summed E-state index contributed by atoms with van der Waals surface area (Å²) in [6, 6.07) is 4.70. The van der Waals surface area contributed by atoms with Crippen molar-refractivity contribution in [1.82, 2.24) is 9.78 Å². The highest BCUT2D eigenvalue weighted by Crippen LogP contribution is 2.34. The van der Waals surface area contributed by atoms with Gasteiger partial charge in [0.05, 0.1) is 22.5 Å². The molecular formula is C15H12ClF3N4O. The van der Waals surface area contributed by atoms with Gasteiger partial charge in [-0.1, -0.05) is 11.6 Å². The molecule has 0 N–H and O–H groups in total. The minimum atomic E-state index is -4.53. The molecule has 5 nitrogen and oxygen atoms in total. The third-order valence-corrected chi connectivity index (χ3v) is 3.62. The summed E-state index contributed by atoms with van der Waals surface area (Å²) in [5.41, 5.74) is -0.645. The topological polar surface area (TPSA) is 61.9 Å². The summed E-state index contributed by atoms with van der Waals surface area (Å²) in [6.45, 7) is 3.28. The van der Waals surface area contributed by atoms with E-state index in [0.29, 0.717) is 0 Å². The molecule has 2 rings (SSSR count). The van der Waals surface area contributed by atoms with Crippen LogP contribution in [0.1, 0.15) is 25.0 Å². The molecule has 0 saturated heterocycles. The number of benzene rings is 1. The van der Waals surface area contributed by atoms with E-state index in [9.17, 15) is 23.2 Å². The van der Waals surface area contributed by atoms with Crippen LogP contribution >= 0.6 is 11.6 Å². The Bertz CT molecular complexity index is 823. The van der Waals surface area contributed by atoms with Gasteiger partial charge in [0.15, 0.2) is 5.82 Å². The van der Waals surface area contributed by atoms with Crippen LogP contribution in [0.15, 0.2) is 24.4 Å². The first kappa shape index (κ1) is 17.8. The first-order chi connectivity index (χ1) is 11.2. The van der Waals surface area contributed by atoms with Gasteiger partial charge in [0.25, 0.3) is 0 Å². The number of alkyl halides is 3. The highest BCUT2D eigenvalue weighted by Gasteiger charge is 2.31. The van der Waals surface area contributed by atoms with Gasteiger partial charge < -0.3 is 0 Å². The van der Waals surface area contributed by atoms with Crippen molar-refractivity contribution < 1.29 is 18.0 Å². The molecule has 1 aromatic carbocycles. The van der Waals surface area contributed by atoms with Crippen LogP contribution in [0.25, 0.3) is 5.69 Å². The van der Waals surface area contributed by atoms with Crippen LogP contribution < -0.4 is 4.90 Å². The van der Waals surface area contributed by atoms with Gasteiger partial charge in [-0.25, -0.2) is 4.68 Å². The van der Waals surface area contributed by atoms with E-state index < -0.39 is 11.7 Å². The molecule has 1 aromatic heterocycles. The van der Waals surface area contributed by atoms with Crippen molar-refractivity contribution in [2.45, 2.75) is 20.0 Å². The highest BCUT2D eigenvalue weighted by molar-refractivity contribution is 6.32. The third kappa shape index (κ3) is 3.21. The number of amides is 1. The van der Waals surface area contributed by atoms with Crippen molar-refractivity contribution in [3.05, 3.63) is 40.5 Å². The van der Waals surface area contributed by atoms with Crippen molar-refractivity contribution in [2.75, 3.05) is 11.4 Å². The largest absolute Gasteiger partial charge is 0.416 e. The molecule has 126 valence electrons. The summed E-state index contributed by atoms with van der Waals surface area (Å²) in [7, 11) is 0. The molecule has 0 radical (unpaired) electrons. The lowest BCUT2D eigenvalue weighted by Gasteiger charge is -2.21. The molecule has 9 heteroatoms. The minimum absolute atomic E-state index is 0.114. The number of nitriles is 1. The predicted octanol–water partition coefficient (Wildman–Crippen LogP) is 3.79. The third-order valence-electron chi connectivity index (χ3n) is 3.32. The van der Waals surface area contributed by atoms with E-state index in [-0.39, 0.29) is 34.5 Å². The minimum Gasteiger partial charge on any atom is -0.296 e. The molecule has 0 bridgehead atoms. The Labute approximate surface area is 140 Å². The zero-order chi connectivity index (χ0) is 18.1. The number of anilines is 1. The number of nitrogens with zero attached hydrogens (tertiary/aromatic N) is 4. The van der Waals surface area contributed by atoms with Crippen molar-refractivity contribution in [3.8, 4) is 11.8 Å². The van der Waals surface area contributed by atoms with Crippen LogP contribution in [-0.2, 0) is 11.0 Å². The quantitative estimate of drug-likeness (QED) is 0.840. The maximum atomic E-state index is 12.8. The SMILES string of the molecule is CCN(C(C)=O)c1c(C#N)cnn1-c1ccc(C(F)(F)F)cc1Cl. The van der Waals surface area contributed by atoms with E-state index >= 15 is 0 Å². The molecule has 1 amide bonds. The Morgan fingerprint density at radius 1 is 1.46 bits per heavy atom. The van der Waals surface area contributed by atoms with Gasteiger partial charge >= 0.3 is 6.18 Å². The average molecular weight is 357 g/mol. The molecule has 0 aliphatic carbocycles. The average Bonchev–Trinajstić information content (AvgIpc) is 2.90. The molecule has 2 aromatic rings. The van der Waals surface area contributed by atoms with Gasteiger partial charge in [0.1, 0.15) is 11.6 Å². The standard InChI is InChI=1S/C15H12ClF3N4O/c1-3-22(9(2)24)14-10(7-20)8-21-23(14)13-5-4-11(6-12(13)16)15(17,18)19/h4-6,8H,3H2,1-2H3. The second kappa shape index (κ2) is 6.53. The summed E-state index contributed by atoms with van der Waals surface area (Å²) in [5, 5.41) is 13.0.